The summed E-state index contributed by atoms with van der Waals surface area (Å²) in [7, 11) is 0. The molecule has 1 aliphatic rings. The second-order valence-electron chi connectivity index (χ2n) is 5.82. The Hall–Kier alpha value is -2.24. The predicted octanol–water partition coefficient (Wildman–Crippen LogP) is 4.32. The van der Waals surface area contributed by atoms with E-state index in [1.807, 2.05) is 17.0 Å². The molecule has 122 valence electrons. The summed E-state index contributed by atoms with van der Waals surface area (Å²) in [5, 5.41) is 10.7. The molecular weight excluding hydrogens is 307 g/mol. The maximum atomic E-state index is 12.8. The van der Waals surface area contributed by atoms with Gasteiger partial charge in [0.15, 0.2) is 0 Å². The Labute approximate surface area is 131 Å². The molecule has 6 heteroatoms. The molecule has 3 rings (SSSR count). The minimum Gasteiger partial charge on any atom is -0.478 e. The van der Waals surface area contributed by atoms with Crippen LogP contribution in [-0.2, 0) is 0 Å². The van der Waals surface area contributed by atoms with Crippen LogP contribution in [0.15, 0.2) is 36.4 Å². The number of hydrogen-bond donors (Lipinski definition) is 1. The van der Waals surface area contributed by atoms with Crippen LogP contribution >= 0.6 is 0 Å². The van der Waals surface area contributed by atoms with Gasteiger partial charge < -0.3 is 10.0 Å². The van der Waals surface area contributed by atoms with Crippen LogP contribution in [0.25, 0.3) is 10.8 Å². The lowest BCUT2D eigenvalue weighted by molar-refractivity contribution is -0.179. The fraction of sp³-hybridized carbons (Fsp3) is 0.353. The highest BCUT2D eigenvalue weighted by Gasteiger charge is 2.41. The standard InChI is InChI=1S/C17H16F3NO2/c18-17(19,20)13-6-8-21(9-7-13)15-3-1-2-11-10-12(16(22)23)4-5-14(11)15/h1-5,10,13H,6-9H2,(H,22,23). The fourth-order valence-electron chi connectivity index (χ4n) is 3.12. The van der Waals surface area contributed by atoms with Gasteiger partial charge in [0.05, 0.1) is 11.5 Å². The minimum atomic E-state index is -4.12. The van der Waals surface area contributed by atoms with Crippen LogP contribution in [0.2, 0.25) is 0 Å². The summed E-state index contributed by atoms with van der Waals surface area (Å²) >= 11 is 0. The molecule has 0 radical (unpaired) electrons. The number of anilines is 1. The Morgan fingerprint density at radius 1 is 1.13 bits per heavy atom. The third-order valence-electron chi connectivity index (χ3n) is 4.40. The Balaban J connectivity index is 1.88. The zero-order valence-corrected chi connectivity index (χ0v) is 12.3. The lowest BCUT2D eigenvalue weighted by Gasteiger charge is -2.35. The van der Waals surface area contributed by atoms with E-state index in [0.717, 1.165) is 16.5 Å². The van der Waals surface area contributed by atoms with Crippen LogP contribution in [0.5, 0.6) is 0 Å². The quantitative estimate of drug-likeness (QED) is 0.895. The van der Waals surface area contributed by atoms with E-state index in [1.165, 1.54) is 6.07 Å². The molecule has 1 aliphatic heterocycles. The van der Waals surface area contributed by atoms with Crippen molar-refractivity contribution in [2.75, 3.05) is 18.0 Å². The smallest absolute Gasteiger partial charge is 0.391 e. The zero-order valence-electron chi connectivity index (χ0n) is 12.3. The second-order valence-corrected chi connectivity index (χ2v) is 5.82. The summed E-state index contributed by atoms with van der Waals surface area (Å²) < 4.78 is 38.3. The lowest BCUT2D eigenvalue weighted by atomic mass is 9.95. The normalized spacial score (nSPS) is 16.7. The largest absolute Gasteiger partial charge is 0.478 e. The van der Waals surface area contributed by atoms with Crippen molar-refractivity contribution in [1.29, 1.82) is 0 Å². The summed E-state index contributed by atoms with van der Waals surface area (Å²) in [6, 6.07) is 10.3. The maximum absolute atomic E-state index is 12.8. The van der Waals surface area contributed by atoms with Gasteiger partial charge in [0, 0.05) is 24.2 Å². The van der Waals surface area contributed by atoms with E-state index in [-0.39, 0.29) is 18.4 Å². The number of carbonyl (C=O) groups is 1. The van der Waals surface area contributed by atoms with Gasteiger partial charge in [-0.15, -0.1) is 0 Å². The van der Waals surface area contributed by atoms with Gasteiger partial charge in [-0.1, -0.05) is 18.2 Å². The fourth-order valence-corrected chi connectivity index (χ4v) is 3.12. The number of carboxylic acids is 1. The monoisotopic (exact) mass is 323 g/mol. The number of benzene rings is 2. The van der Waals surface area contributed by atoms with E-state index in [1.54, 1.807) is 18.2 Å². The van der Waals surface area contributed by atoms with Gasteiger partial charge in [0.2, 0.25) is 0 Å². The van der Waals surface area contributed by atoms with Crippen LogP contribution in [-0.4, -0.2) is 30.3 Å². The molecule has 2 aromatic carbocycles. The first-order chi connectivity index (χ1) is 10.9. The van der Waals surface area contributed by atoms with E-state index in [9.17, 15) is 18.0 Å². The molecular formula is C17H16F3NO2. The van der Waals surface area contributed by atoms with Gasteiger partial charge in [-0.25, -0.2) is 4.79 Å². The Bertz CT molecular complexity index is 734. The van der Waals surface area contributed by atoms with Crippen molar-refractivity contribution in [2.45, 2.75) is 19.0 Å². The second kappa shape index (κ2) is 5.76. The average molecular weight is 323 g/mol. The van der Waals surface area contributed by atoms with Crippen LogP contribution < -0.4 is 4.90 Å². The number of nitrogens with zero attached hydrogens (tertiary/aromatic N) is 1. The van der Waals surface area contributed by atoms with Crippen molar-refractivity contribution >= 4 is 22.4 Å². The highest BCUT2D eigenvalue weighted by molar-refractivity contribution is 5.99. The summed E-state index contributed by atoms with van der Waals surface area (Å²) in [6.07, 6.45) is -3.94. The Morgan fingerprint density at radius 2 is 1.83 bits per heavy atom. The molecule has 1 heterocycles. The van der Waals surface area contributed by atoms with Crippen molar-refractivity contribution in [3.05, 3.63) is 42.0 Å². The third-order valence-corrected chi connectivity index (χ3v) is 4.40. The van der Waals surface area contributed by atoms with Crippen LogP contribution in [0, 0.1) is 5.92 Å². The van der Waals surface area contributed by atoms with Gasteiger partial charge >= 0.3 is 12.1 Å². The van der Waals surface area contributed by atoms with Gasteiger partial charge in [-0.2, -0.15) is 13.2 Å². The van der Waals surface area contributed by atoms with Crippen molar-refractivity contribution in [2.24, 2.45) is 5.92 Å². The predicted molar refractivity (Wildman–Crippen MR) is 81.9 cm³/mol. The molecule has 0 atom stereocenters. The van der Waals surface area contributed by atoms with Crippen LogP contribution in [0.1, 0.15) is 23.2 Å². The minimum absolute atomic E-state index is 0.0904. The summed E-state index contributed by atoms with van der Waals surface area (Å²) in [5.41, 5.74) is 1.06. The van der Waals surface area contributed by atoms with Crippen molar-refractivity contribution < 1.29 is 23.1 Å². The molecule has 3 nitrogen and oxygen atoms in total. The maximum Gasteiger partial charge on any atom is 0.391 e. The molecule has 1 saturated heterocycles. The Kier molecular flexibility index (Phi) is 3.92. The number of aromatic carboxylic acids is 1. The first-order valence-electron chi connectivity index (χ1n) is 7.44. The summed E-state index contributed by atoms with van der Waals surface area (Å²) in [4.78, 5) is 13.0. The third kappa shape index (κ3) is 3.11. The SMILES string of the molecule is O=C(O)c1ccc2c(N3CCC(C(F)(F)F)CC3)cccc2c1. The van der Waals surface area contributed by atoms with Crippen molar-refractivity contribution in [1.82, 2.24) is 0 Å². The van der Waals surface area contributed by atoms with E-state index in [4.69, 9.17) is 5.11 Å². The topological polar surface area (TPSA) is 40.5 Å². The van der Waals surface area contributed by atoms with Crippen LogP contribution in [0.3, 0.4) is 0 Å². The number of alkyl halides is 3. The van der Waals surface area contributed by atoms with Gasteiger partial charge in [0.1, 0.15) is 0 Å². The van der Waals surface area contributed by atoms with E-state index >= 15 is 0 Å². The number of rotatable bonds is 2. The molecule has 0 aromatic heterocycles. The molecule has 0 bridgehead atoms. The number of halogens is 3. The lowest BCUT2D eigenvalue weighted by Crippen LogP contribution is -2.39. The highest BCUT2D eigenvalue weighted by Crippen LogP contribution is 2.37. The van der Waals surface area contributed by atoms with Gasteiger partial charge in [-0.05, 0) is 36.4 Å². The Morgan fingerprint density at radius 3 is 2.43 bits per heavy atom. The number of fused-ring (bicyclic) bond motifs is 1. The van der Waals surface area contributed by atoms with Crippen LogP contribution in [0.4, 0.5) is 18.9 Å². The molecule has 0 aliphatic carbocycles. The van der Waals surface area contributed by atoms with Crippen molar-refractivity contribution in [3.63, 3.8) is 0 Å². The molecule has 23 heavy (non-hydrogen) atoms. The molecule has 1 fully saturated rings. The first kappa shape index (κ1) is 15.6. The number of carboxylic acid groups (broad SMARTS) is 1. The molecule has 2 aromatic rings. The zero-order chi connectivity index (χ0) is 16.6. The highest BCUT2D eigenvalue weighted by atomic mass is 19.4. The number of piperidine rings is 1. The van der Waals surface area contributed by atoms with Gasteiger partial charge in [0.25, 0.3) is 0 Å². The molecule has 1 N–H and O–H groups in total. The summed E-state index contributed by atoms with van der Waals surface area (Å²) in [6.45, 7) is 0.702. The average Bonchev–Trinajstić information content (AvgIpc) is 2.53. The number of hydrogen-bond acceptors (Lipinski definition) is 2. The first-order valence-corrected chi connectivity index (χ1v) is 7.44. The molecule has 0 spiro atoms. The molecule has 0 amide bonds. The van der Waals surface area contributed by atoms with Gasteiger partial charge in [-0.3, -0.25) is 0 Å². The molecule has 0 unspecified atom stereocenters. The van der Waals surface area contributed by atoms with E-state index in [2.05, 4.69) is 0 Å². The van der Waals surface area contributed by atoms with E-state index in [0.29, 0.717) is 13.1 Å². The summed E-state index contributed by atoms with van der Waals surface area (Å²) in [5.74, 6) is -2.23. The molecule has 0 saturated carbocycles. The van der Waals surface area contributed by atoms with Crippen molar-refractivity contribution in [3.8, 4) is 0 Å². The van der Waals surface area contributed by atoms with E-state index < -0.39 is 18.1 Å².